The Balaban J connectivity index is 2.20. The predicted octanol–water partition coefficient (Wildman–Crippen LogP) is 3.33. The van der Waals surface area contributed by atoms with Gasteiger partial charge in [0.2, 0.25) is 10.0 Å². The second-order valence-electron chi connectivity index (χ2n) is 4.21. The Bertz CT molecular complexity index is 639. The average molecular weight is 387 g/mol. The number of hydrogen-bond acceptors (Lipinski definition) is 2. The molecule has 2 aromatic carbocycles. The maximum Gasteiger partial charge on any atom is 0.241 e. The minimum Gasteiger partial charge on any atom is -0.207 e. The van der Waals surface area contributed by atoms with Crippen LogP contribution in [0.25, 0.3) is 0 Å². The van der Waals surface area contributed by atoms with Gasteiger partial charge in [0, 0.05) is 9.61 Å². The Morgan fingerprint density at radius 2 is 1.58 bits per heavy atom. The molecule has 0 amide bonds. The van der Waals surface area contributed by atoms with Gasteiger partial charge in [-0.3, -0.25) is 0 Å². The summed E-state index contributed by atoms with van der Waals surface area (Å²) in [4.78, 5) is 0.288. The molecule has 19 heavy (non-hydrogen) atoms. The molecule has 1 N–H and O–H groups in total. The Morgan fingerprint density at radius 1 is 1.00 bits per heavy atom. The molecule has 0 radical (unpaired) electrons. The fourth-order valence-corrected chi connectivity index (χ4v) is 3.32. The van der Waals surface area contributed by atoms with Gasteiger partial charge in [-0.25, -0.2) is 13.1 Å². The lowest BCUT2D eigenvalue weighted by molar-refractivity contribution is 0.567. The van der Waals surface area contributed by atoms with E-state index in [1.165, 1.54) is 0 Å². The van der Waals surface area contributed by atoms with Crippen LogP contribution < -0.4 is 4.72 Å². The monoisotopic (exact) mass is 387 g/mol. The maximum absolute atomic E-state index is 12.2. The first-order valence-electron chi connectivity index (χ1n) is 5.82. The molecule has 0 fully saturated rings. The van der Waals surface area contributed by atoms with E-state index in [1.807, 2.05) is 37.3 Å². The molecule has 0 aromatic heterocycles. The van der Waals surface area contributed by atoms with Crippen LogP contribution in [0.2, 0.25) is 0 Å². The van der Waals surface area contributed by atoms with Gasteiger partial charge in [0.15, 0.2) is 0 Å². The van der Waals surface area contributed by atoms with Crippen LogP contribution in [-0.2, 0) is 10.0 Å². The molecule has 0 spiro atoms. The highest BCUT2D eigenvalue weighted by molar-refractivity contribution is 14.1. The van der Waals surface area contributed by atoms with E-state index < -0.39 is 10.0 Å². The molecule has 0 aliphatic heterocycles. The van der Waals surface area contributed by atoms with Crippen molar-refractivity contribution < 1.29 is 8.42 Å². The van der Waals surface area contributed by atoms with E-state index in [9.17, 15) is 8.42 Å². The van der Waals surface area contributed by atoms with E-state index >= 15 is 0 Å². The van der Waals surface area contributed by atoms with Gasteiger partial charge in [-0.1, -0.05) is 30.3 Å². The Kier molecular flexibility index (Phi) is 4.59. The van der Waals surface area contributed by atoms with Gasteiger partial charge in [0.25, 0.3) is 0 Å². The van der Waals surface area contributed by atoms with Crippen molar-refractivity contribution in [3.05, 3.63) is 63.7 Å². The van der Waals surface area contributed by atoms with Crippen LogP contribution in [0.4, 0.5) is 0 Å². The lowest BCUT2D eigenvalue weighted by atomic mass is 10.1. The van der Waals surface area contributed by atoms with Crippen molar-refractivity contribution >= 4 is 32.6 Å². The van der Waals surface area contributed by atoms with Gasteiger partial charge in [-0.05, 0) is 59.3 Å². The first kappa shape index (κ1) is 14.5. The van der Waals surface area contributed by atoms with Crippen molar-refractivity contribution in [2.45, 2.75) is 17.9 Å². The van der Waals surface area contributed by atoms with Crippen LogP contribution in [0.3, 0.4) is 0 Å². The fourth-order valence-electron chi connectivity index (χ4n) is 1.72. The molecule has 0 saturated heterocycles. The zero-order valence-corrected chi connectivity index (χ0v) is 13.4. The smallest absolute Gasteiger partial charge is 0.207 e. The molecule has 0 aliphatic carbocycles. The maximum atomic E-state index is 12.2. The molecular weight excluding hydrogens is 373 g/mol. The summed E-state index contributed by atoms with van der Waals surface area (Å²) >= 11 is 2.14. The molecule has 2 aromatic rings. The van der Waals surface area contributed by atoms with E-state index in [0.29, 0.717) is 0 Å². The second-order valence-corrected chi connectivity index (χ2v) is 7.17. The quantitative estimate of drug-likeness (QED) is 0.819. The number of halogens is 1. The topological polar surface area (TPSA) is 46.2 Å². The third-order valence-electron chi connectivity index (χ3n) is 2.76. The first-order valence-corrected chi connectivity index (χ1v) is 8.38. The number of hydrogen-bond donors (Lipinski definition) is 1. The molecule has 3 nitrogen and oxygen atoms in total. The van der Waals surface area contributed by atoms with Crippen LogP contribution in [0.15, 0.2) is 59.5 Å². The molecule has 2 rings (SSSR count). The fraction of sp³-hybridized carbons (Fsp3) is 0.143. The third-order valence-corrected chi connectivity index (χ3v) is 5.03. The van der Waals surface area contributed by atoms with Crippen molar-refractivity contribution in [1.29, 1.82) is 0 Å². The van der Waals surface area contributed by atoms with Crippen LogP contribution in [0.1, 0.15) is 18.5 Å². The molecule has 5 heteroatoms. The summed E-state index contributed by atoms with van der Waals surface area (Å²) in [6, 6.07) is 16.0. The standard InChI is InChI=1S/C14H14INO2S/c1-11(12-5-3-2-4-6-12)16-19(17,18)14-9-7-13(15)8-10-14/h2-11,16H,1H3. The normalized spacial score (nSPS) is 13.2. The first-order chi connectivity index (χ1) is 8.99. The summed E-state index contributed by atoms with van der Waals surface area (Å²) in [6.45, 7) is 1.83. The Morgan fingerprint density at radius 3 is 2.16 bits per heavy atom. The SMILES string of the molecule is CC(NS(=O)(=O)c1ccc(I)cc1)c1ccccc1. The highest BCUT2D eigenvalue weighted by Crippen LogP contribution is 2.17. The summed E-state index contributed by atoms with van der Waals surface area (Å²) in [6.07, 6.45) is 0. The zero-order valence-electron chi connectivity index (χ0n) is 10.4. The minimum absolute atomic E-state index is 0.259. The molecule has 0 saturated carbocycles. The number of sulfonamides is 1. The summed E-state index contributed by atoms with van der Waals surface area (Å²) < 4.78 is 28.1. The summed E-state index contributed by atoms with van der Waals surface area (Å²) in [5.74, 6) is 0. The molecule has 100 valence electrons. The second kappa shape index (κ2) is 6.02. The summed E-state index contributed by atoms with van der Waals surface area (Å²) in [5.41, 5.74) is 0.941. The summed E-state index contributed by atoms with van der Waals surface area (Å²) in [7, 11) is -3.48. The van der Waals surface area contributed by atoms with E-state index in [-0.39, 0.29) is 10.9 Å². The van der Waals surface area contributed by atoms with Crippen molar-refractivity contribution in [1.82, 2.24) is 4.72 Å². The largest absolute Gasteiger partial charge is 0.241 e. The Hall–Kier alpha value is -0.920. The van der Waals surface area contributed by atoms with Crippen molar-refractivity contribution in [2.75, 3.05) is 0 Å². The predicted molar refractivity (Wildman–Crippen MR) is 84.3 cm³/mol. The van der Waals surface area contributed by atoms with Crippen LogP contribution >= 0.6 is 22.6 Å². The van der Waals surface area contributed by atoms with E-state index in [2.05, 4.69) is 27.3 Å². The highest BCUT2D eigenvalue weighted by atomic mass is 127. The molecule has 0 heterocycles. The number of nitrogens with one attached hydrogen (secondary N) is 1. The Labute approximate surface area is 127 Å². The minimum atomic E-state index is -3.48. The molecule has 1 unspecified atom stereocenters. The number of rotatable bonds is 4. The van der Waals surface area contributed by atoms with Gasteiger partial charge < -0.3 is 0 Å². The van der Waals surface area contributed by atoms with Gasteiger partial charge in [-0.2, -0.15) is 0 Å². The third kappa shape index (κ3) is 3.77. The van der Waals surface area contributed by atoms with Gasteiger partial charge >= 0.3 is 0 Å². The number of benzene rings is 2. The van der Waals surface area contributed by atoms with Crippen LogP contribution in [0, 0.1) is 3.57 Å². The summed E-state index contributed by atoms with van der Waals surface area (Å²) in [5, 5.41) is 0. The average Bonchev–Trinajstić information content (AvgIpc) is 2.40. The van der Waals surface area contributed by atoms with Gasteiger partial charge in [0.05, 0.1) is 4.90 Å². The van der Waals surface area contributed by atoms with Crippen LogP contribution in [0.5, 0.6) is 0 Å². The van der Waals surface area contributed by atoms with Crippen molar-refractivity contribution in [3.8, 4) is 0 Å². The highest BCUT2D eigenvalue weighted by Gasteiger charge is 2.17. The molecular formula is C14H14INO2S. The lowest BCUT2D eigenvalue weighted by Crippen LogP contribution is -2.26. The van der Waals surface area contributed by atoms with Gasteiger partial charge in [-0.15, -0.1) is 0 Å². The molecule has 0 bridgehead atoms. The molecule has 0 aliphatic rings. The van der Waals surface area contributed by atoms with Crippen molar-refractivity contribution in [2.24, 2.45) is 0 Å². The van der Waals surface area contributed by atoms with E-state index in [4.69, 9.17) is 0 Å². The lowest BCUT2D eigenvalue weighted by Gasteiger charge is -2.14. The van der Waals surface area contributed by atoms with E-state index in [0.717, 1.165) is 9.13 Å². The molecule has 1 atom stereocenters. The van der Waals surface area contributed by atoms with E-state index in [1.54, 1.807) is 24.3 Å². The van der Waals surface area contributed by atoms with Crippen LogP contribution in [-0.4, -0.2) is 8.42 Å². The van der Waals surface area contributed by atoms with Gasteiger partial charge in [0.1, 0.15) is 0 Å². The zero-order chi connectivity index (χ0) is 13.9. The van der Waals surface area contributed by atoms with Crippen molar-refractivity contribution in [3.63, 3.8) is 0 Å².